The highest BCUT2D eigenvalue weighted by molar-refractivity contribution is 9.10. The van der Waals surface area contributed by atoms with Crippen LogP contribution in [0.4, 0.5) is 5.69 Å². The molecule has 3 aromatic rings. The number of hydrogen-bond acceptors (Lipinski definition) is 5. The van der Waals surface area contributed by atoms with Crippen LogP contribution in [0.15, 0.2) is 65.1 Å². The highest BCUT2D eigenvalue weighted by atomic mass is 79.9. The summed E-state index contributed by atoms with van der Waals surface area (Å²) in [7, 11) is -0.375. The molecule has 9 heteroatoms. The molecule has 1 amide bonds. The molecule has 0 aromatic heterocycles. The fourth-order valence-corrected chi connectivity index (χ4v) is 4.51. The van der Waals surface area contributed by atoms with Crippen LogP contribution in [-0.2, 0) is 23.1 Å². The number of nitrogens with zero attached hydrogens (tertiary/aromatic N) is 1. The zero-order valence-corrected chi connectivity index (χ0v) is 21.9. The fraction of sp³-hybridized carbons (Fsp3) is 0.240. The summed E-state index contributed by atoms with van der Waals surface area (Å²) in [6.45, 7) is 2.39. The first-order valence-electron chi connectivity index (χ1n) is 10.4. The van der Waals surface area contributed by atoms with E-state index in [0.717, 1.165) is 21.2 Å². The zero-order chi connectivity index (χ0) is 24.9. The Balaban J connectivity index is 1.69. The summed E-state index contributed by atoms with van der Waals surface area (Å²) < 4.78 is 37.7. The molecule has 0 aliphatic heterocycles. The van der Waals surface area contributed by atoms with Crippen molar-refractivity contribution < 1.29 is 22.7 Å². The van der Waals surface area contributed by atoms with E-state index in [0.29, 0.717) is 29.3 Å². The highest BCUT2D eigenvalue weighted by Gasteiger charge is 2.19. The van der Waals surface area contributed by atoms with Crippen LogP contribution >= 0.6 is 15.9 Å². The maximum Gasteiger partial charge on any atom is 0.251 e. The summed E-state index contributed by atoms with van der Waals surface area (Å²) in [6, 6.07) is 17.8. The fourth-order valence-electron chi connectivity index (χ4n) is 3.39. The minimum absolute atomic E-state index is 0.160. The third-order valence-electron chi connectivity index (χ3n) is 5.27. The molecule has 1 N–H and O–H groups in total. The lowest BCUT2D eigenvalue weighted by Gasteiger charge is -2.23. The van der Waals surface area contributed by atoms with Crippen LogP contribution < -0.4 is 19.1 Å². The van der Waals surface area contributed by atoms with Crippen molar-refractivity contribution in [3.63, 3.8) is 0 Å². The van der Waals surface area contributed by atoms with E-state index in [1.165, 1.54) is 10.6 Å². The highest BCUT2D eigenvalue weighted by Crippen LogP contribution is 2.28. The molecular formula is C25H27BrN2O5S. The number of halogens is 1. The van der Waals surface area contributed by atoms with Crippen molar-refractivity contribution in [1.29, 1.82) is 0 Å². The van der Waals surface area contributed by atoms with Crippen LogP contribution in [0.3, 0.4) is 0 Å². The molecule has 3 aromatic carbocycles. The molecule has 7 nitrogen and oxygen atoms in total. The number of anilines is 1. The summed E-state index contributed by atoms with van der Waals surface area (Å²) in [5, 5.41) is 2.88. The first-order chi connectivity index (χ1) is 16.1. The Bertz CT molecular complexity index is 1280. The van der Waals surface area contributed by atoms with Crippen molar-refractivity contribution in [2.24, 2.45) is 0 Å². The lowest BCUT2D eigenvalue weighted by Crippen LogP contribution is -2.29. The van der Waals surface area contributed by atoms with Gasteiger partial charge in [-0.25, -0.2) is 8.42 Å². The predicted octanol–water partition coefficient (Wildman–Crippen LogP) is 4.67. The first-order valence-corrected chi connectivity index (χ1v) is 13.1. The van der Waals surface area contributed by atoms with E-state index in [1.807, 2.05) is 31.2 Å². The van der Waals surface area contributed by atoms with Crippen molar-refractivity contribution in [3.8, 4) is 11.5 Å². The molecule has 0 fully saturated rings. The van der Waals surface area contributed by atoms with Gasteiger partial charge >= 0.3 is 0 Å². The van der Waals surface area contributed by atoms with Gasteiger partial charge in [-0.1, -0.05) is 34.1 Å². The van der Waals surface area contributed by atoms with Gasteiger partial charge in [-0.3, -0.25) is 9.10 Å². The quantitative estimate of drug-likeness (QED) is 0.421. The molecule has 0 aliphatic rings. The summed E-state index contributed by atoms with van der Waals surface area (Å²) in [6.07, 6.45) is 1.18. The van der Waals surface area contributed by atoms with Crippen molar-refractivity contribution in [1.82, 2.24) is 5.32 Å². The smallest absolute Gasteiger partial charge is 0.251 e. The summed E-state index contributed by atoms with van der Waals surface area (Å²) in [5.74, 6) is 0.981. The van der Waals surface area contributed by atoms with Crippen LogP contribution in [0.5, 0.6) is 11.5 Å². The van der Waals surface area contributed by atoms with Crippen molar-refractivity contribution in [2.75, 3.05) is 24.8 Å². The van der Waals surface area contributed by atoms with Gasteiger partial charge in [-0.15, -0.1) is 0 Å². The van der Waals surface area contributed by atoms with E-state index < -0.39 is 10.0 Å². The van der Waals surface area contributed by atoms with Crippen LogP contribution in [0.1, 0.15) is 27.0 Å². The standard InChI is InChI=1S/C25H27BrN2O5S/c1-17-13-21(10-11-22(17)26)28(34(4,30)31)16-18-5-8-20(9-6-18)25(29)27-15-19-7-12-23(32-2)24(14-19)33-3/h5-14H,15-16H2,1-4H3,(H,27,29). The number of aryl methyl sites for hydroxylation is 1. The molecule has 0 atom stereocenters. The second kappa shape index (κ2) is 10.9. The molecule has 0 saturated carbocycles. The number of sulfonamides is 1. The number of amides is 1. The SMILES string of the molecule is COc1ccc(CNC(=O)c2ccc(CN(c3ccc(Br)c(C)c3)S(C)(=O)=O)cc2)cc1OC. The molecule has 0 radical (unpaired) electrons. The van der Waals surface area contributed by atoms with Crippen LogP contribution in [-0.4, -0.2) is 34.8 Å². The molecule has 0 spiro atoms. The molecular weight excluding hydrogens is 520 g/mol. The largest absolute Gasteiger partial charge is 0.493 e. The third kappa shape index (κ3) is 6.30. The van der Waals surface area contributed by atoms with Gasteiger partial charge in [0.25, 0.3) is 5.91 Å². The van der Waals surface area contributed by atoms with Gasteiger partial charge in [0.1, 0.15) is 0 Å². The van der Waals surface area contributed by atoms with E-state index in [4.69, 9.17) is 9.47 Å². The second-order valence-corrected chi connectivity index (χ2v) is 10.5. The topological polar surface area (TPSA) is 84.9 Å². The van der Waals surface area contributed by atoms with Crippen LogP contribution in [0.25, 0.3) is 0 Å². The van der Waals surface area contributed by atoms with Gasteiger partial charge in [-0.2, -0.15) is 0 Å². The predicted molar refractivity (Wildman–Crippen MR) is 137 cm³/mol. The number of hydrogen-bond donors (Lipinski definition) is 1. The Hall–Kier alpha value is -3.04. The van der Waals surface area contributed by atoms with E-state index in [9.17, 15) is 13.2 Å². The number of carbonyl (C=O) groups is 1. The van der Waals surface area contributed by atoms with E-state index in [2.05, 4.69) is 21.2 Å². The minimum atomic E-state index is -3.50. The monoisotopic (exact) mass is 546 g/mol. The van der Waals surface area contributed by atoms with Gasteiger partial charge in [0.15, 0.2) is 11.5 Å². The number of benzene rings is 3. The van der Waals surface area contributed by atoms with Gasteiger partial charge in [-0.05, 0) is 66.1 Å². The summed E-state index contributed by atoms with van der Waals surface area (Å²) in [4.78, 5) is 12.6. The maximum atomic E-state index is 12.6. The van der Waals surface area contributed by atoms with Crippen LogP contribution in [0.2, 0.25) is 0 Å². The zero-order valence-electron chi connectivity index (χ0n) is 19.5. The second-order valence-electron chi connectivity index (χ2n) is 7.77. The Kier molecular flexibility index (Phi) is 8.22. The molecule has 0 bridgehead atoms. The first kappa shape index (κ1) is 25.6. The van der Waals surface area contributed by atoms with Crippen LogP contribution in [0, 0.1) is 6.92 Å². The van der Waals surface area contributed by atoms with Crippen molar-refractivity contribution >= 4 is 37.5 Å². The minimum Gasteiger partial charge on any atom is -0.493 e. The normalized spacial score (nSPS) is 11.1. The Morgan fingerprint density at radius 2 is 1.59 bits per heavy atom. The third-order valence-corrected chi connectivity index (χ3v) is 7.30. The molecule has 0 unspecified atom stereocenters. The number of rotatable bonds is 9. The molecule has 0 heterocycles. The maximum absolute atomic E-state index is 12.6. The summed E-state index contributed by atoms with van der Waals surface area (Å²) >= 11 is 3.44. The molecule has 3 rings (SSSR count). The Morgan fingerprint density at radius 1 is 0.941 bits per heavy atom. The Morgan fingerprint density at radius 3 is 2.18 bits per heavy atom. The van der Waals surface area contributed by atoms with Crippen molar-refractivity contribution in [3.05, 3.63) is 87.4 Å². The summed E-state index contributed by atoms with van der Waals surface area (Å²) in [5.41, 5.74) is 3.64. The molecule has 34 heavy (non-hydrogen) atoms. The number of nitrogens with one attached hydrogen (secondary N) is 1. The lowest BCUT2D eigenvalue weighted by molar-refractivity contribution is 0.0951. The van der Waals surface area contributed by atoms with E-state index in [1.54, 1.807) is 50.6 Å². The number of carbonyl (C=O) groups excluding carboxylic acids is 1. The van der Waals surface area contributed by atoms with E-state index >= 15 is 0 Å². The van der Waals surface area contributed by atoms with Crippen molar-refractivity contribution in [2.45, 2.75) is 20.0 Å². The van der Waals surface area contributed by atoms with Gasteiger partial charge in [0.05, 0.1) is 32.7 Å². The van der Waals surface area contributed by atoms with Gasteiger partial charge in [0.2, 0.25) is 10.0 Å². The lowest BCUT2D eigenvalue weighted by atomic mass is 10.1. The number of methoxy groups -OCH3 is 2. The van der Waals surface area contributed by atoms with E-state index in [-0.39, 0.29) is 12.5 Å². The van der Waals surface area contributed by atoms with Gasteiger partial charge < -0.3 is 14.8 Å². The average Bonchev–Trinajstić information content (AvgIpc) is 2.82. The molecule has 0 saturated heterocycles. The molecule has 180 valence electrons. The number of ether oxygens (including phenoxy) is 2. The van der Waals surface area contributed by atoms with Gasteiger partial charge in [0, 0.05) is 16.6 Å². The average molecular weight is 547 g/mol. The molecule has 0 aliphatic carbocycles. The Labute approximate surface area is 208 Å².